The van der Waals surface area contributed by atoms with Crippen molar-refractivity contribution >= 4 is 11.4 Å². The summed E-state index contributed by atoms with van der Waals surface area (Å²) in [6.45, 7) is 4.62. The van der Waals surface area contributed by atoms with Crippen LogP contribution in [-0.2, 0) is 0 Å². The van der Waals surface area contributed by atoms with Crippen LogP contribution < -0.4 is 16.0 Å². The van der Waals surface area contributed by atoms with Gasteiger partial charge in [0.15, 0.2) is 0 Å². The van der Waals surface area contributed by atoms with Gasteiger partial charge in [-0.3, -0.25) is 0 Å². The van der Waals surface area contributed by atoms with Crippen LogP contribution in [0.4, 0.5) is 11.4 Å². The lowest BCUT2D eigenvalue weighted by Crippen LogP contribution is -2.44. The summed E-state index contributed by atoms with van der Waals surface area (Å²) in [7, 11) is 0. The number of nitrogens with zero attached hydrogens (tertiary/aromatic N) is 1. The Bertz CT molecular complexity index is 418. The Morgan fingerprint density at radius 1 is 1.22 bits per heavy atom. The van der Waals surface area contributed by atoms with Gasteiger partial charge in [-0.2, -0.15) is 0 Å². The van der Waals surface area contributed by atoms with E-state index in [2.05, 4.69) is 35.3 Å². The van der Waals surface area contributed by atoms with Crippen molar-refractivity contribution in [1.82, 2.24) is 0 Å². The molecule has 1 heterocycles. The molecule has 1 aliphatic heterocycles. The third-order valence-electron chi connectivity index (χ3n) is 4.22. The van der Waals surface area contributed by atoms with E-state index in [9.17, 15) is 0 Å². The standard InChI is InChI=1S/C15H23N3/c1-11-8-14(18-6-2-3-7-18)4-5-15(11)17-13-9-12(16)10-13/h4-5,8,12-13,17H,2-3,6-7,9-10,16H2,1H3. The van der Waals surface area contributed by atoms with Gasteiger partial charge in [0.1, 0.15) is 0 Å². The van der Waals surface area contributed by atoms with Crippen LogP contribution in [0.1, 0.15) is 31.2 Å². The second kappa shape index (κ2) is 4.81. The molecule has 0 aromatic heterocycles. The summed E-state index contributed by atoms with van der Waals surface area (Å²) >= 11 is 0. The first kappa shape index (κ1) is 11.8. The number of aryl methyl sites for hydroxylation is 1. The molecule has 2 fully saturated rings. The molecular formula is C15H23N3. The van der Waals surface area contributed by atoms with Gasteiger partial charge in [0.2, 0.25) is 0 Å². The minimum absolute atomic E-state index is 0.409. The van der Waals surface area contributed by atoms with E-state index in [-0.39, 0.29) is 0 Å². The maximum Gasteiger partial charge on any atom is 0.0373 e. The highest BCUT2D eigenvalue weighted by atomic mass is 15.1. The fourth-order valence-corrected chi connectivity index (χ4v) is 2.98. The van der Waals surface area contributed by atoms with E-state index in [1.807, 2.05) is 0 Å². The van der Waals surface area contributed by atoms with Gasteiger partial charge >= 0.3 is 0 Å². The largest absolute Gasteiger partial charge is 0.382 e. The van der Waals surface area contributed by atoms with Crippen molar-refractivity contribution in [2.75, 3.05) is 23.3 Å². The van der Waals surface area contributed by atoms with Crippen LogP contribution in [0, 0.1) is 6.92 Å². The molecular weight excluding hydrogens is 222 g/mol. The van der Waals surface area contributed by atoms with Crippen molar-refractivity contribution in [3.05, 3.63) is 23.8 Å². The molecule has 1 aromatic rings. The fraction of sp³-hybridized carbons (Fsp3) is 0.600. The lowest BCUT2D eigenvalue weighted by molar-refractivity contribution is 0.373. The number of nitrogens with two attached hydrogens (primary N) is 1. The quantitative estimate of drug-likeness (QED) is 0.859. The molecule has 2 aliphatic rings. The van der Waals surface area contributed by atoms with Gasteiger partial charge in [-0.15, -0.1) is 0 Å². The Labute approximate surface area is 109 Å². The van der Waals surface area contributed by atoms with Gasteiger partial charge in [0, 0.05) is 36.5 Å². The predicted molar refractivity (Wildman–Crippen MR) is 77.2 cm³/mol. The molecule has 1 saturated heterocycles. The summed E-state index contributed by atoms with van der Waals surface area (Å²) < 4.78 is 0. The minimum Gasteiger partial charge on any atom is -0.382 e. The average molecular weight is 245 g/mol. The normalized spacial score (nSPS) is 27.1. The Kier molecular flexibility index (Phi) is 3.16. The molecule has 98 valence electrons. The van der Waals surface area contributed by atoms with E-state index >= 15 is 0 Å². The predicted octanol–water partition coefficient (Wildman–Crippen LogP) is 2.50. The number of hydrogen-bond acceptors (Lipinski definition) is 3. The van der Waals surface area contributed by atoms with Gasteiger partial charge in [0.05, 0.1) is 0 Å². The van der Waals surface area contributed by atoms with E-state index in [0.717, 1.165) is 12.8 Å². The van der Waals surface area contributed by atoms with E-state index in [0.29, 0.717) is 12.1 Å². The monoisotopic (exact) mass is 245 g/mol. The van der Waals surface area contributed by atoms with Crippen LogP contribution in [0.2, 0.25) is 0 Å². The molecule has 0 amide bonds. The van der Waals surface area contributed by atoms with Crippen LogP contribution in [0.3, 0.4) is 0 Å². The average Bonchev–Trinajstić information content (AvgIpc) is 2.83. The maximum absolute atomic E-state index is 5.82. The van der Waals surface area contributed by atoms with E-state index in [4.69, 9.17) is 5.73 Å². The van der Waals surface area contributed by atoms with Gasteiger partial charge < -0.3 is 16.0 Å². The molecule has 3 rings (SSSR count). The maximum atomic E-state index is 5.82. The van der Waals surface area contributed by atoms with Crippen LogP contribution >= 0.6 is 0 Å². The van der Waals surface area contributed by atoms with Gasteiger partial charge in [-0.25, -0.2) is 0 Å². The minimum atomic E-state index is 0.409. The van der Waals surface area contributed by atoms with Gasteiger partial charge in [0.25, 0.3) is 0 Å². The number of anilines is 2. The second-order valence-electron chi connectivity index (χ2n) is 5.77. The van der Waals surface area contributed by atoms with Crippen molar-refractivity contribution in [2.45, 2.75) is 44.7 Å². The van der Waals surface area contributed by atoms with E-state index in [1.165, 1.54) is 42.9 Å². The third kappa shape index (κ3) is 2.32. The topological polar surface area (TPSA) is 41.3 Å². The fourth-order valence-electron chi connectivity index (χ4n) is 2.98. The first-order chi connectivity index (χ1) is 8.72. The molecule has 0 radical (unpaired) electrons. The Hall–Kier alpha value is -1.22. The molecule has 1 aromatic carbocycles. The molecule has 3 nitrogen and oxygen atoms in total. The number of hydrogen-bond donors (Lipinski definition) is 2. The zero-order valence-electron chi connectivity index (χ0n) is 11.2. The molecule has 3 heteroatoms. The summed E-state index contributed by atoms with van der Waals surface area (Å²) in [5.74, 6) is 0. The summed E-state index contributed by atoms with van der Waals surface area (Å²) in [4.78, 5) is 2.48. The molecule has 1 aliphatic carbocycles. The van der Waals surface area contributed by atoms with E-state index < -0.39 is 0 Å². The molecule has 1 saturated carbocycles. The van der Waals surface area contributed by atoms with Gasteiger partial charge in [-0.05, 0) is 56.4 Å². The zero-order valence-corrected chi connectivity index (χ0v) is 11.2. The van der Waals surface area contributed by atoms with Crippen molar-refractivity contribution < 1.29 is 0 Å². The van der Waals surface area contributed by atoms with Crippen LogP contribution in [0.25, 0.3) is 0 Å². The Morgan fingerprint density at radius 3 is 2.56 bits per heavy atom. The summed E-state index contributed by atoms with van der Waals surface area (Å²) in [6, 6.07) is 7.78. The van der Waals surface area contributed by atoms with Crippen molar-refractivity contribution in [2.24, 2.45) is 5.73 Å². The third-order valence-corrected chi connectivity index (χ3v) is 4.22. The highest BCUT2D eigenvalue weighted by Crippen LogP contribution is 2.28. The summed E-state index contributed by atoms with van der Waals surface area (Å²) in [5, 5.41) is 3.60. The number of rotatable bonds is 3. The highest BCUT2D eigenvalue weighted by molar-refractivity contribution is 5.61. The van der Waals surface area contributed by atoms with Crippen molar-refractivity contribution in [3.8, 4) is 0 Å². The lowest BCUT2D eigenvalue weighted by atomic mass is 9.87. The van der Waals surface area contributed by atoms with Crippen molar-refractivity contribution in [3.63, 3.8) is 0 Å². The van der Waals surface area contributed by atoms with Gasteiger partial charge in [-0.1, -0.05) is 0 Å². The first-order valence-electron chi connectivity index (χ1n) is 7.10. The molecule has 0 bridgehead atoms. The second-order valence-corrected chi connectivity index (χ2v) is 5.77. The smallest absolute Gasteiger partial charge is 0.0373 e. The molecule has 0 unspecified atom stereocenters. The number of benzene rings is 1. The molecule has 0 atom stereocenters. The Balaban J connectivity index is 1.68. The lowest BCUT2D eigenvalue weighted by Gasteiger charge is -2.34. The SMILES string of the molecule is Cc1cc(N2CCCC2)ccc1NC1CC(N)C1. The molecule has 18 heavy (non-hydrogen) atoms. The zero-order chi connectivity index (χ0) is 12.5. The summed E-state index contributed by atoms with van der Waals surface area (Å²) in [5.41, 5.74) is 9.82. The number of nitrogens with one attached hydrogen (secondary N) is 1. The van der Waals surface area contributed by atoms with E-state index in [1.54, 1.807) is 0 Å². The highest BCUT2D eigenvalue weighted by Gasteiger charge is 2.25. The first-order valence-corrected chi connectivity index (χ1v) is 7.10. The molecule has 3 N–H and O–H groups in total. The van der Waals surface area contributed by atoms with Crippen LogP contribution in [-0.4, -0.2) is 25.2 Å². The van der Waals surface area contributed by atoms with Crippen LogP contribution in [0.15, 0.2) is 18.2 Å². The molecule has 0 spiro atoms. The van der Waals surface area contributed by atoms with Crippen LogP contribution in [0.5, 0.6) is 0 Å². The van der Waals surface area contributed by atoms with Crippen molar-refractivity contribution in [1.29, 1.82) is 0 Å². The Morgan fingerprint density at radius 2 is 1.94 bits per heavy atom. The summed E-state index contributed by atoms with van der Waals surface area (Å²) in [6.07, 6.45) is 4.87.